The van der Waals surface area contributed by atoms with Crippen molar-refractivity contribution >= 4 is 0 Å². The summed E-state index contributed by atoms with van der Waals surface area (Å²) in [6.07, 6.45) is -3.49. The lowest BCUT2D eigenvalue weighted by Crippen LogP contribution is -2.12. The number of hydrogen-bond acceptors (Lipinski definition) is 3. The van der Waals surface area contributed by atoms with Gasteiger partial charge in [-0.25, -0.2) is 8.78 Å². The van der Waals surface area contributed by atoms with Crippen molar-refractivity contribution in [3.63, 3.8) is 0 Å². The van der Waals surface area contributed by atoms with Gasteiger partial charge < -0.3 is 14.6 Å². The van der Waals surface area contributed by atoms with Gasteiger partial charge in [-0.05, 0) is 6.07 Å². The average molecular weight is 232 g/mol. The summed E-state index contributed by atoms with van der Waals surface area (Å²) in [6, 6.07) is 6.84. The first-order valence-corrected chi connectivity index (χ1v) is 4.82. The summed E-state index contributed by atoms with van der Waals surface area (Å²) in [7, 11) is 1.48. The zero-order valence-electron chi connectivity index (χ0n) is 8.90. The molecule has 3 nitrogen and oxygen atoms in total. The van der Waals surface area contributed by atoms with Crippen LogP contribution in [-0.4, -0.2) is 31.9 Å². The van der Waals surface area contributed by atoms with Gasteiger partial charge in [0.2, 0.25) is 0 Å². The van der Waals surface area contributed by atoms with Crippen molar-refractivity contribution in [3.05, 3.63) is 29.8 Å². The van der Waals surface area contributed by atoms with E-state index in [9.17, 15) is 13.9 Å². The fourth-order valence-corrected chi connectivity index (χ4v) is 1.30. The Bertz CT molecular complexity index is 318. The van der Waals surface area contributed by atoms with E-state index in [0.717, 1.165) is 0 Å². The number of rotatable bonds is 6. The van der Waals surface area contributed by atoms with Gasteiger partial charge in [-0.2, -0.15) is 0 Å². The molecule has 0 heterocycles. The molecule has 0 aliphatic carbocycles. The molecule has 1 N–H and O–H groups in total. The third kappa shape index (κ3) is 3.75. The molecule has 1 rings (SSSR count). The smallest absolute Gasteiger partial charge is 0.261 e. The van der Waals surface area contributed by atoms with Gasteiger partial charge >= 0.3 is 0 Å². The first kappa shape index (κ1) is 12.9. The lowest BCUT2D eigenvalue weighted by atomic mass is 10.1. The minimum Gasteiger partial charge on any atom is -0.496 e. The Morgan fingerprint density at radius 3 is 2.56 bits per heavy atom. The summed E-state index contributed by atoms with van der Waals surface area (Å²) < 4.78 is 33.3. The highest BCUT2D eigenvalue weighted by atomic mass is 19.3. The fourth-order valence-electron chi connectivity index (χ4n) is 1.30. The number of aliphatic hydroxyl groups excluding tert-OH is 1. The van der Waals surface area contributed by atoms with Gasteiger partial charge in [0.25, 0.3) is 6.43 Å². The van der Waals surface area contributed by atoms with Crippen LogP contribution in [0.2, 0.25) is 0 Å². The first-order chi connectivity index (χ1) is 7.65. The summed E-state index contributed by atoms with van der Waals surface area (Å²) in [4.78, 5) is 0. The summed E-state index contributed by atoms with van der Waals surface area (Å²) in [5.41, 5.74) is 0.527. The molecule has 0 spiro atoms. The average Bonchev–Trinajstić information content (AvgIpc) is 2.28. The quantitative estimate of drug-likeness (QED) is 0.815. The van der Waals surface area contributed by atoms with Crippen molar-refractivity contribution < 1.29 is 23.4 Å². The summed E-state index contributed by atoms with van der Waals surface area (Å²) in [5.74, 6) is 0.510. The zero-order chi connectivity index (χ0) is 12.0. The van der Waals surface area contributed by atoms with E-state index in [0.29, 0.717) is 11.3 Å². The highest BCUT2D eigenvalue weighted by Gasteiger charge is 2.13. The van der Waals surface area contributed by atoms with Gasteiger partial charge in [0.05, 0.1) is 13.7 Å². The minimum atomic E-state index is -2.52. The molecular formula is C11H14F2O3. The molecule has 0 fully saturated rings. The van der Waals surface area contributed by atoms with Crippen molar-refractivity contribution in [3.8, 4) is 5.75 Å². The molecule has 0 bridgehead atoms. The van der Waals surface area contributed by atoms with Crippen LogP contribution in [0.4, 0.5) is 8.78 Å². The Kier molecular flexibility index (Phi) is 5.14. The molecule has 1 aromatic carbocycles. The molecular weight excluding hydrogens is 218 g/mol. The maximum atomic E-state index is 11.8. The maximum absolute atomic E-state index is 11.8. The van der Waals surface area contributed by atoms with Crippen LogP contribution in [0.5, 0.6) is 5.75 Å². The van der Waals surface area contributed by atoms with Gasteiger partial charge in [0.15, 0.2) is 0 Å². The molecule has 0 aliphatic heterocycles. The molecule has 16 heavy (non-hydrogen) atoms. The Morgan fingerprint density at radius 1 is 1.25 bits per heavy atom. The van der Waals surface area contributed by atoms with Crippen molar-refractivity contribution in [2.24, 2.45) is 0 Å². The van der Waals surface area contributed by atoms with Crippen molar-refractivity contribution in [2.45, 2.75) is 12.5 Å². The van der Waals surface area contributed by atoms with Gasteiger partial charge in [0, 0.05) is 5.56 Å². The van der Waals surface area contributed by atoms with Gasteiger partial charge in [-0.3, -0.25) is 0 Å². The first-order valence-electron chi connectivity index (χ1n) is 4.82. The Balaban J connectivity index is 2.55. The number of methoxy groups -OCH3 is 1. The van der Waals surface area contributed by atoms with Crippen LogP contribution in [0.1, 0.15) is 11.7 Å². The molecule has 0 radical (unpaired) electrons. The van der Waals surface area contributed by atoms with E-state index in [1.807, 2.05) is 0 Å². The third-order valence-corrected chi connectivity index (χ3v) is 2.02. The summed E-state index contributed by atoms with van der Waals surface area (Å²) in [6.45, 7) is -0.850. The molecule has 0 saturated heterocycles. The van der Waals surface area contributed by atoms with Crippen LogP contribution >= 0.6 is 0 Å². The molecule has 1 unspecified atom stereocenters. The fraction of sp³-hybridized carbons (Fsp3) is 0.455. The second-order valence-corrected chi connectivity index (χ2v) is 3.19. The maximum Gasteiger partial charge on any atom is 0.261 e. The normalized spacial score (nSPS) is 12.8. The lowest BCUT2D eigenvalue weighted by molar-refractivity contribution is -0.0209. The van der Waals surface area contributed by atoms with Gasteiger partial charge in [0.1, 0.15) is 18.5 Å². The van der Waals surface area contributed by atoms with E-state index in [1.54, 1.807) is 24.3 Å². The van der Waals surface area contributed by atoms with Crippen molar-refractivity contribution in [2.75, 3.05) is 20.3 Å². The molecule has 0 aliphatic rings. The van der Waals surface area contributed by atoms with Crippen LogP contribution in [-0.2, 0) is 4.74 Å². The van der Waals surface area contributed by atoms with Crippen LogP contribution in [0, 0.1) is 0 Å². The van der Waals surface area contributed by atoms with Gasteiger partial charge in [-0.15, -0.1) is 0 Å². The minimum absolute atomic E-state index is 0.176. The van der Waals surface area contributed by atoms with Crippen molar-refractivity contribution in [1.82, 2.24) is 0 Å². The number of benzene rings is 1. The Morgan fingerprint density at radius 2 is 1.94 bits per heavy atom. The zero-order valence-corrected chi connectivity index (χ0v) is 8.90. The van der Waals surface area contributed by atoms with Crippen LogP contribution in [0.3, 0.4) is 0 Å². The van der Waals surface area contributed by atoms with Crippen molar-refractivity contribution in [1.29, 1.82) is 0 Å². The van der Waals surface area contributed by atoms with Crippen LogP contribution in [0.15, 0.2) is 24.3 Å². The topological polar surface area (TPSA) is 38.7 Å². The number of halogens is 2. The lowest BCUT2D eigenvalue weighted by Gasteiger charge is -2.14. The van der Waals surface area contributed by atoms with Gasteiger partial charge in [-0.1, -0.05) is 18.2 Å². The Labute approximate surface area is 92.6 Å². The SMILES string of the molecule is COc1ccccc1C(O)COCC(F)F. The number of aliphatic hydroxyl groups is 1. The molecule has 1 atom stereocenters. The highest BCUT2D eigenvalue weighted by molar-refractivity contribution is 5.34. The molecule has 0 aromatic heterocycles. The van der Waals surface area contributed by atoms with E-state index < -0.39 is 19.1 Å². The number of ether oxygens (including phenoxy) is 2. The number of hydrogen-bond donors (Lipinski definition) is 1. The van der Waals surface area contributed by atoms with E-state index in [2.05, 4.69) is 4.74 Å². The Hall–Kier alpha value is -1.20. The molecule has 0 saturated carbocycles. The third-order valence-electron chi connectivity index (χ3n) is 2.02. The highest BCUT2D eigenvalue weighted by Crippen LogP contribution is 2.24. The summed E-state index contributed by atoms with van der Waals surface area (Å²) >= 11 is 0. The van der Waals surface area contributed by atoms with E-state index in [4.69, 9.17) is 4.74 Å². The van der Waals surface area contributed by atoms with E-state index >= 15 is 0 Å². The number of alkyl halides is 2. The van der Waals surface area contributed by atoms with Crippen LogP contribution < -0.4 is 4.74 Å². The number of para-hydroxylation sites is 1. The molecule has 90 valence electrons. The summed E-state index contributed by atoms with van der Waals surface area (Å²) in [5, 5.41) is 9.70. The largest absolute Gasteiger partial charge is 0.496 e. The molecule has 5 heteroatoms. The second kappa shape index (κ2) is 6.40. The second-order valence-electron chi connectivity index (χ2n) is 3.19. The van der Waals surface area contributed by atoms with Crippen LogP contribution in [0.25, 0.3) is 0 Å². The predicted molar refractivity (Wildman–Crippen MR) is 54.8 cm³/mol. The predicted octanol–water partition coefficient (Wildman–Crippen LogP) is 2.01. The monoisotopic (exact) mass is 232 g/mol. The standard InChI is InChI=1S/C11H14F2O3/c1-15-10-5-3-2-4-8(10)9(14)6-16-7-11(12)13/h2-5,9,11,14H,6-7H2,1H3. The molecule has 1 aromatic rings. The van der Waals surface area contributed by atoms with E-state index in [-0.39, 0.29) is 6.61 Å². The van der Waals surface area contributed by atoms with E-state index in [1.165, 1.54) is 7.11 Å². The molecule has 0 amide bonds.